The Hall–Kier alpha value is -2.76. The predicted molar refractivity (Wildman–Crippen MR) is 137 cm³/mol. The molecule has 0 saturated heterocycles. The first-order valence-corrected chi connectivity index (χ1v) is 11.4. The van der Waals surface area contributed by atoms with Crippen molar-refractivity contribution < 1.29 is 4.79 Å². The normalized spacial score (nSPS) is 11.9. The van der Waals surface area contributed by atoms with Crippen molar-refractivity contribution in [2.45, 2.75) is 39.0 Å². The van der Waals surface area contributed by atoms with Crippen LogP contribution in [0.1, 0.15) is 45.4 Å². The standard InChI is InChI=1S/C19H14N2OS.C3H8.C2H7N.C2H6/c1-2-14(12-22)11-15-13-23-18-9-4-3-7-16(18)19(21-15)17-8-5-6-10-20-17;2*1-3-2;1-2/h2-13H,1H2;3H2,1-2H3;3H,1-2H3;1-2H3/b14-11+;;;. The van der Waals surface area contributed by atoms with E-state index >= 15 is 0 Å². The molecule has 1 N–H and O–H groups in total. The number of hydrogen-bond acceptors (Lipinski definition) is 5. The van der Waals surface area contributed by atoms with Crippen LogP contribution in [0, 0.1) is 0 Å². The van der Waals surface area contributed by atoms with E-state index in [9.17, 15) is 4.79 Å². The predicted octanol–water partition coefficient (Wildman–Crippen LogP) is 6.46. The van der Waals surface area contributed by atoms with E-state index in [0.29, 0.717) is 11.3 Å². The van der Waals surface area contributed by atoms with E-state index in [4.69, 9.17) is 4.99 Å². The van der Waals surface area contributed by atoms with Crippen molar-refractivity contribution in [2.24, 2.45) is 4.99 Å². The Balaban J connectivity index is 0.000000991. The number of aliphatic imine (C=N–C) groups is 1. The highest BCUT2D eigenvalue weighted by Gasteiger charge is 2.16. The van der Waals surface area contributed by atoms with Gasteiger partial charge in [0.05, 0.1) is 17.1 Å². The Bertz CT molecular complexity index is 859. The minimum atomic E-state index is 0.493. The van der Waals surface area contributed by atoms with E-state index in [0.717, 1.165) is 28.2 Å². The maximum atomic E-state index is 11.0. The molecule has 0 atom stereocenters. The Morgan fingerprint density at radius 2 is 1.71 bits per heavy atom. The molecule has 1 aliphatic heterocycles. The lowest BCUT2D eigenvalue weighted by Crippen LogP contribution is -2.06. The zero-order chi connectivity index (χ0) is 23.5. The van der Waals surface area contributed by atoms with E-state index in [1.165, 1.54) is 12.5 Å². The van der Waals surface area contributed by atoms with E-state index in [1.807, 2.05) is 69.7 Å². The van der Waals surface area contributed by atoms with Gasteiger partial charge in [-0.1, -0.05) is 82.8 Å². The lowest BCUT2D eigenvalue weighted by molar-refractivity contribution is -0.104. The molecule has 3 rings (SSSR count). The van der Waals surface area contributed by atoms with Crippen LogP contribution in [0.15, 0.2) is 94.0 Å². The summed E-state index contributed by atoms with van der Waals surface area (Å²) in [6.45, 7) is 11.9. The quantitative estimate of drug-likeness (QED) is 0.339. The van der Waals surface area contributed by atoms with Crippen LogP contribution in [0.4, 0.5) is 0 Å². The molecule has 4 nitrogen and oxygen atoms in total. The van der Waals surface area contributed by atoms with Gasteiger partial charge < -0.3 is 5.32 Å². The summed E-state index contributed by atoms with van der Waals surface area (Å²) >= 11 is 1.58. The first-order chi connectivity index (χ1) is 15.1. The number of fused-ring (bicyclic) bond motifs is 1. The molecular weight excluding hydrogens is 402 g/mol. The Morgan fingerprint density at radius 3 is 2.26 bits per heavy atom. The van der Waals surface area contributed by atoms with Crippen LogP contribution in [-0.4, -0.2) is 31.1 Å². The van der Waals surface area contributed by atoms with Crippen molar-refractivity contribution in [1.29, 1.82) is 0 Å². The first kappa shape index (κ1) is 28.2. The second-order valence-corrected chi connectivity index (χ2v) is 6.92. The molecule has 0 amide bonds. The number of allylic oxidation sites excluding steroid dienone is 3. The maximum Gasteiger partial charge on any atom is 0.150 e. The van der Waals surface area contributed by atoms with Crippen molar-refractivity contribution in [2.75, 3.05) is 14.1 Å². The molecule has 0 spiro atoms. The number of nitrogens with one attached hydrogen (secondary N) is 1. The lowest BCUT2D eigenvalue weighted by Gasteiger charge is -2.08. The molecule has 2 heterocycles. The topological polar surface area (TPSA) is 54.4 Å². The third kappa shape index (κ3) is 10.2. The molecule has 5 heteroatoms. The zero-order valence-electron chi connectivity index (χ0n) is 19.6. The van der Waals surface area contributed by atoms with Crippen molar-refractivity contribution in [3.63, 3.8) is 0 Å². The van der Waals surface area contributed by atoms with Crippen LogP contribution >= 0.6 is 11.8 Å². The summed E-state index contributed by atoms with van der Waals surface area (Å²) in [5.41, 5.74) is 3.82. The summed E-state index contributed by atoms with van der Waals surface area (Å²) in [4.78, 5) is 21.3. The molecular formula is C26H35N3OS. The van der Waals surface area contributed by atoms with Gasteiger partial charge in [0.15, 0.2) is 0 Å². The first-order valence-electron chi connectivity index (χ1n) is 10.5. The molecule has 166 valence electrons. The average Bonchev–Trinajstić information content (AvgIpc) is 3.00. The van der Waals surface area contributed by atoms with Gasteiger partial charge in [-0.2, -0.15) is 0 Å². The monoisotopic (exact) mass is 437 g/mol. The van der Waals surface area contributed by atoms with Crippen molar-refractivity contribution in [3.05, 3.63) is 95.3 Å². The molecule has 1 aromatic heterocycles. The summed E-state index contributed by atoms with van der Waals surface area (Å²) < 4.78 is 0. The van der Waals surface area contributed by atoms with Gasteiger partial charge in [-0.15, -0.1) is 0 Å². The van der Waals surface area contributed by atoms with Gasteiger partial charge in [-0.25, -0.2) is 4.99 Å². The second kappa shape index (κ2) is 18.0. The van der Waals surface area contributed by atoms with Gasteiger partial charge in [0.1, 0.15) is 6.29 Å². The van der Waals surface area contributed by atoms with Crippen LogP contribution in [0.3, 0.4) is 0 Å². The van der Waals surface area contributed by atoms with Crippen LogP contribution in [0.2, 0.25) is 0 Å². The fourth-order valence-corrected chi connectivity index (χ4v) is 3.00. The van der Waals surface area contributed by atoms with Crippen LogP contribution in [0.25, 0.3) is 0 Å². The number of benzene rings is 1. The van der Waals surface area contributed by atoms with Crippen molar-refractivity contribution in [3.8, 4) is 0 Å². The summed E-state index contributed by atoms with van der Waals surface area (Å²) in [7, 11) is 3.75. The van der Waals surface area contributed by atoms with E-state index in [2.05, 4.69) is 36.8 Å². The van der Waals surface area contributed by atoms with Crippen molar-refractivity contribution in [1.82, 2.24) is 10.3 Å². The number of hydrogen-bond donors (Lipinski definition) is 1. The van der Waals surface area contributed by atoms with Crippen molar-refractivity contribution >= 4 is 23.8 Å². The molecule has 1 aromatic carbocycles. The highest BCUT2D eigenvalue weighted by molar-refractivity contribution is 8.02. The van der Waals surface area contributed by atoms with Gasteiger partial charge in [0.25, 0.3) is 0 Å². The third-order valence-corrected chi connectivity index (χ3v) is 4.25. The van der Waals surface area contributed by atoms with E-state index < -0.39 is 0 Å². The molecule has 1 aliphatic rings. The largest absolute Gasteiger partial charge is 0.323 e. The smallest absolute Gasteiger partial charge is 0.150 e. The third-order valence-electron chi connectivity index (χ3n) is 3.28. The van der Waals surface area contributed by atoms with E-state index in [-0.39, 0.29) is 0 Å². The number of carbonyl (C=O) groups excluding carboxylic acids is 1. The number of aromatic nitrogens is 1. The fraction of sp³-hybridized carbons (Fsp3) is 0.269. The van der Waals surface area contributed by atoms with Gasteiger partial charge in [-0.05, 0) is 38.4 Å². The number of pyridine rings is 1. The SMILES string of the molecule is C=C/C(C=O)=C\C1=CSc2ccccc2C(c2ccccn2)=N1.CC.CCC.CNC. The molecule has 0 radical (unpaired) electrons. The second-order valence-electron chi connectivity index (χ2n) is 6.01. The summed E-state index contributed by atoms with van der Waals surface area (Å²) in [6.07, 6.45) is 7.01. The van der Waals surface area contributed by atoms with Crippen LogP contribution < -0.4 is 5.32 Å². The van der Waals surface area contributed by atoms with Crippen LogP contribution in [0.5, 0.6) is 0 Å². The number of carbonyl (C=O) groups is 1. The Labute approximate surface area is 192 Å². The molecule has 2 aromatic rings. The molecule has 0 fully saturated rings. The average molecular weight is 438 g/mol. The zero-order valence-corrected chi connectivity index (χ0v) is 20.4. The summed E-state index contributed by atoms with van der Waals surface area (Å²) in [5, 5.41) is 4.68. The molecule has 31 heavy (non-hydrogen) atoms. The van der Waals surface area contributed by atoms with E-state index in [1.54, 1.807) is 24.0 Å². The molecule has 0 saturated carbocycles. The maximum absolute atomic E-state index is 11.0. The fourth-order valence-electron chi connectivity index (χ4n) is 2.18. The van der Waals surface area contributed by atoms with Gasteiger partial charge in [0.2, 0.25) is 0 Å². The van der Waals surface area contributed by atoms with Crippen LogP contribution in [-0.2, 0) is 4.79 Å². The van der Waals surface area contributed by atoms with Gasteiger partial charge in [-0.3, -0.25) is 9.78 Å². The highest BCUT2D eigenvalue weighted by atomic mass is 32.2. The number of aldehydes is 1. The summed E-state index contributed by atoms with van der Waals surface area (Å²) in [6, 6.07) is 13.8. The van der Waals surface area contributed by atoms with Gasteiger partial charge >= 0.3 is 0 Å². The number of thioether (sulfide) groups is 1. The minimum Gasteiger partial charge on any atom is -0.323 e. The highest BCUT2D eigenvalue weighted by Crippen LogP contribution is 2.31. The Kier molecular flexibility index (Phi) is 16.4. The minimum absolute atomic E-state index is 0.493. The molecule has 0 bridgehead atoms. The number of rotatable bonds is 4. The lowest BCUT2D eigenvalue weighted by atomic mass is 10.1. The number of nitrogens with zero attached hydrogens (tertiary/aromatic N) is 2. The van der Waals surface area contributed by atoms with Gasteiger partial charge in [0, 0.05) is 27.6 Å². The molecule has 0 unspecified atom stereocenters. The Morgan fingerprint density at radius 1 is 1.10 bits per heavy atom. The summed E-state index contributed by atoms with van der Waals surface area (Å²) in [5.74, 6) is 0. The molecule has 0 aliphatic carbocycles.